The van der Waals surface area contributed by atoms with E-state index in [9.17, 15) is 0 Å². The highest BCUT2D eigenvalue weighted by Gasteiger charge is 1.93. The van der Waals surface area contributed by atoms with Gasteiger partial charge in [0.15, 0.2) is 0 Å². The summed E-state index contributed by atoms with van der Waals surface area (Å²) >= 11 is 0. The number of rotatable bonds is 8. The van der Waals surface area contributed by atoms with Gasteiger partial charge >= 0.3 is 0 Å². The fourth-order valence-electron chi connectivity index (χ4n) is 1.49. The summed E-state index contributed by atoms with van der Waals surface area (Å²) in [6.45, 7) is 3.34. The smallest absolute Gasteiger partial charge is 0.119 e. The van der Waals surface area contributed by atoms with E-state index in [-0.39, 0.29) is 0 Å². The van der Waals surface area contributed by atoms with Crippen molar-refractivity contribution < 1.29 is 4.74 Å². The number of benzene rings is 1. The number of ether oxygens (including phenoxy) is 1. The molecule has 0 aliphatic rings. The van der Waals surface area contributed by atoms with E-state index >= 15 is 0 Å². The van der Waals surface area contributed by atoms with E-state index in [0.717, 1.165) is 24.3 Å². The van der Waals surface area contributed by atoms with Crippen LogP contribution in [0.25, 0.3) is 16.5 Å². The van der Waals surface area contributed by atoms with E-state index in [1.54, 1.807) is 0 Å². The van der Waals surface area contributed by atoms with Crippen molar-refractivity contribution in [1.29, 1.82) is 0 Å². The third-order valence-corrected chi connectivity index (χ3v) is 2.46. The number of hydrogen-bond donors (Lipinski definition) is 0. The second kappa shape index (κ2) is 9.14. The van der Waals surface area contributed by atoms with Crippen LogP contribution < -0.4 is 4.74 Å². The average Bonchev–Trinajstić information content (AvgIpc) is 2.41. The Hall–Kier alpha value is -1.93. The van der Waals surface area contributed by atoms with Crippen LogP contribution in [-0.2, 0) is 0 Å². The Labute approximate surface area is 108 Å². The summed E-state index contributed by atoms with van der Waals surface area (Å²) < 4.78 is 5.62. The van der Waals surface area contributed by atoms with Crippen LogP contribution in [0.15, 0.2) is 35.5 Å². The molecule has 0 bridgehead atoms. The van der Waals surface area contributed by atoms with E-state index in [0.29, 0.717) is 6.54 Å². The topological polar surface area (TPSA) is 58.0 Å². The molecule has 0 fully saturated rings. The Kier molecular flexibility index (Phi) is 7.17. The summed E-state index contributed by atoms with van der Waals surface area (Å²) in [5.74, 6) is 0.901. The Morgan fingerprint density at radius 3 is 2.72 bits per heavy atom. The molecule has 1 aromatic carbocycles. The minimum absolute atomic E-state index is 0.381. The molecule has 4 heteroatoms. The molecule has 0 spiro atoms. The highest BCUT2D eigenvalue weighted by atomic mass is 16.5. The molecule has 0 amide bonds. The molecular formula is C14H19N3O. The fourth-order valence-corrected chi connectivity index (χ4v) is 1.49. The maximum absolute atomic E-state index is 8.13. The van der Waals surface area contributed by atoms with E-state index in [1.807, 2.05) is 36.4 Å². The van der Waals surface area contributed by atoms with Crippen LogP contribution in [0, 0.1) is 0 Å². The second-order valence-corrected chi connectivity index (χ2v) is 3.94. The average molecular weight is 245 g/mol. The fraction of sp³-hybridized carbons (Fsp3) is 0.429. The van der Waals surface area contributed by atoms with Crippen LogP contribution in [0.3, 0.4) is 0 Å². The Morgan fingerprint density at radius 2 is 2.06 bits per heavy atom. The Morgan fingerprint density at radius 1 is 1.28 bits per heavy atom. The molecule has 0 aromatic heterocycles. The first-order valence-electron chi connectivity index (χ1n) is 6.27. The number of nitrogens with zero attached hydrogens (tertiary/aromatic N) is 3. The normalized spacial score (nSPS) is 10.3. The summed E-state index contributed by atoms with van der Waals surface area (Å²) in [5, 5.41) is 3.43. The first-order chi connectivity index (χ1) is 8.86. The first kappa shape index (κ1) is 14.1. The van der Waals surface area contributed by atoms with Crippen LogP contribution in [0.4, 0.5) is 0 Å². The summed E-state index contributed by atoms with van der Waals surface area (Å²) in [5.41, 5.74) is 9.20. The lowest BCUT2D eigenvalue weighted by Crippen LogP contribution is -1.96. The maximum atomic E-state index is 8.13. The molecule has 4 nitrogen and oxygen atoms in total. The van der Waals surface area contributed by atoms with Gasteiger partial charge < -0.3 is 4.74 Å². The largest absolute Gasteiger partial charge is 0.494 e. The van der Waals surface area contributed by atoms with Gasteiger partial charge in [0.1, 0.15) is 5.75 Å². The van der Waals surface area contributed by atoms with Gasteiger partial charge in [-0.05, 0) is 29.6 Å². The molecule has 1 rings (SSSR count). The predicted octanol–water partition coefficient (Wildman–Crippen LogP) is 4.58. The highest BCUT2D eigenvalue weighted by molar-refractivity contribution is 5.50. The van der Waals surface area contributed by atoms with E-state index in [1.165, 1.54) is 12.8 Å². The van der Waals surface area contributed by atoms with Gasteiger partial charge in [0.05, 0.1) is 6.61 Å². The number of hydrogen-bond acceptors (Lipinski definition) is 2. The van der Waals surface area contributed by atoms with Gasteiger partial charge in [0.25, 0.3) is 0 Å². The van der Waals surface area contributed by atoms with Gasteiger partial charge in [-0.3, -0.25) is 0 Å². The van der Waals surface area contributed by atoms with E-state index < -0.39 is 0 Å². The van der Waals surface area contributed by atoms with Crippen molar-refractivity contribution in [3.8, 4) is 5.75 Å². The SMILES string of the molecule is CCCCCOc1ccc(C=CCN=[N+]=[N-])cc1. The minimum atomic E-state index is 0.381. The van der Waals surface area contributed by atoms with Gasteiger partial charge in [-0.2, -0.15) is 0 Å². The molecule has 0 radical (unpaired) electrons. The highest BCUT2D eigenvalue weighted by Crippen LogP contribution is 2.13. The van der Waals surface area contributed by atoms with Crippen LogP contribution in [-0.4, -0.2) is 13.2 Å². The predicted molar refractivity (Wildman–Crippen MR) is 74.5 cm³/mol. The zero-order chi connectivity index (χ0) is 13.1. The Bertz CT molecular complexity index is 406. The quantitative estimate of drug-likeness (QED) is 0.286. The van der Waals surface area contributed by atoms with Crippen molar-refractivity contribution in [2.75, 3.05) is 13.2 Å². The summed E-state index contributed by atoms with van der Waals surface area (Å²) in [7, 11) is 0. The molecule has 0 saturated heterocycles. The van der Waals surface area contributed by atoms with Crippen molar-refractivity contribution in [3.05, 3.63) is 46.3 Å². The molecule has 0 atom stereocenters. The third-order valence-electron chi connectivity index (χ3n) is 2.46. The molecular weight excluding hydrogens is 226 g/mol. The molecule has 0 aliphatic heterocycles. The third kappa shape index (κ3) is 5.97. The van der Waals surface area contributed by atoms with Crippen molar-refractivity contribution >= 4 is 6.08 Å². The zero-order valence-corrected chi connectivity index (χ0v) is 10.7. The first-order valence-corrected chi connectivity index (χ1v) is 6.27. The van der Waals surface area contributed by atoms with Crippen molar-refractivity contribution in [1.82, 2.24) is 0 Å². The van der Waals surface area contributed by atoms with Crippen LogP contribution in [0.5, 0.6) is 5.75 Å². The standard InChI is InChI=1S/C14H19N3O/c1-2-3-4-12-18-14-9-7-13(8-10-14)6-5-11-16-17-15/h5-10H,2-4,11-12H2,1H3. The van der Waals surface area contributed by atoms with Gasteiger partial charge in [-0.25, -0.2) is 0 Å². The molecule has 0 aliphatic carbocycles. The van der Waals surface area contributed by atoms with Gasteiger partial charge in [-0.1, -0.05) is 49.2 Å². The van der Waals surface area contributed by atoms with Crippen molar-refractivity contribution in [2.24, 2.45) is 5.11 Å². The van der Waals surface area contributed by atoms with E-state index in [2.05, 4.69) is 16.9 Å². The molecule has 0 heterocycles. The number of unbranched alkanes of at least 4 members (excludes halogenated alkanes) is 2. The van der Waals surface area contributed by atoms with Gasteiger partial charge in [0, 0.05) is 11.5 Å². The Balaban J connectivity index is 2.37. The number of azide groups is 1. The molecule has 0 unspecified atom stereocenters. The van der Waals surface area contributed by atoms with Crippen LogP contribution in [0.2, 0.25) is 0 Å². The van der Waals surface area contributed by atoms with Gasteiger partial charge in [-0.15, -0.1) is 0 Å². The molecule has 18 heavy (non-hydrogen) atoms. The lowest BCUT2D eigenvalue weighted by Gasteiger charge is -2.05. The zero-order valence-electron chi connectivity index (χ0n) is 10.7. The summed E-state index contributed by atoms with van der Waals surface area (Å²) in [4.78, 5) is 2.68. The van der Waals surface area contributed by atoms with E-state index in [4.69, 9.17) is 10.3 Å². The molecule has 0 N–H and O–H groups in total. The lowest BCUT2D eigenvalue weighted by atomic mass is 10.2. The van der Waals surface area contributed by atoms with Crippen molar-refractivity contribution in [2.45, 2.75) is 26.2 Å². The monoisotopic (exact) mass is 245 g/mol. The maximum Gasteiger partial charge on any atom is 0.119 e. The molecule has 0 saturated carbocycles. The molecule has 96 valence electrons. The lowest BCUT2D eigenvalue weighted by molar-refractivity contribution is 0.306. The van der Waals surface area contributed by atoms with Crippen molar-refractivity contribution in [3.63, 3.8) is 0 Å². The van der Waals surface area contributed by atoms with Crippen LogP contribution in [0.1, 0.15) is 31.7 Å². The summed E-state index contributed by atoms with van der Waals surface area (Å²) in [6, 6.07) is 7.89. The van der Waals surface area contributed by atoms with Crippen LogP contribution >= 0.6 is 0 Å². The second-order valence-electron chi connectivity index (χ2n) is 3.94. The van der Waals surface area contributed by atoms with Gasteiger partial charge in [0.2, 0.25) is 0 Å². The summed E-state index contributed by atoms with van der Waals surface area (Å²) in [6.07, 6.45) is 7.27. The minimum Gasteiger partial charge on any atom is -0.494 e. The molecule has 1 aromatic rings.